The van der Waals surface area contributed by atoms with Crippen molar-refractivity contribution in [1.29, 1.82) is 0 Å². The van der Waals surface area contributed by atoms with Crippen molar-refractivity contribution < 1.29 is 0 Å². The van der Waals surface area contributed by atoms with Crippen LogP contribution in [0.1, 0.15) is 36.1 Å². The van der Waals surface area contributed by atoms with Crippen molar-refractivity contribution >= 4 is 5.82 Å². The van der Waals surface area contributed by atoms with E-state index in [1.807, 2.05) is 12.3 Å². The number of aromatic nitrogens is 1. The van der Waals surface area contributed by atoms with Gasteiger partial charge >= 0.3 is 0 Å². The lowest BCUT2D eigenvalue weighted by Gasteiger charge is -2.32. The zero-order valence-corrected chi connectivity index (χ0v) is 13.0. The summed E-state index contributed by atoms with van der Waals surface area (Å²) in [5, 5.41) is 0. The van der Waals surface area contributed by atoms with E-state index in [2.05, 4.69) is 82.7 Å². The molecule has 0 N–H and O–H groups in total. The molecular weight excluding hydrogens is 280 g/mol. The third-order valence-corrected chi connectivity index (χ3v) is 4.67. The molecule has 0 bridgehead atoms. The van der Waals surface area contributed by atoms with E-state index in [4.69, 9.17) is 0 Å². The molecule has 114 valence electrons. The van der Waals surface area contributed by atoms with Crippen LogP contribution in [0.5, 0.6) is 0 Å². The van der Waals surface area contributed by atoms with Crippen LogP contribution in [-0.2, 0) is 0 Å². The third kappa shape index (κ3) is 2.72. The van der Waals surface area contributed by atoms with Gasteiger partial charge in [-0.1, -0.05) is 66.7 Å². The van der Waals surface area contributed by atoms with Crippen molar-refractivity contribution in [2.24, 2.45) is 0 Å². The van der Waals surface area contributed by atoms with Crippen molar-refractivity contribution in [3.05, 3.63) is 96.2 Å². The molecule has 0 saturated carbocycles. The molecule has 1 aromatic heterocycles. The Labute approximate surface area is 137 Å². The molecule has 4 rings (SSSR count). The topological polar surface area (TPSA) is 16.1 Å². The largest absolute Gasteiger partial charge is 0.343 e. The lowest BCUT2D eigenvalue weighted by Crippen LogP contribution is -2.26. The average Bonchev–Trinajstić information content (AvgIpc) is 3.09. The smallest absolute Gasteiger partial charge is 0.129 e. The molecule has 23 heavy (non-hydrogen) atoms. The summed E-state index contributed by atoms with van der Waals surface area (Å²) in [5.74, 6) is 1.06. The zero-order chi connectivity index (χ0) is 15.5. The normalized spacial score (nSPS) is 20.6. The van der Waals surface area contributed by atoms with Crippen molar-refractivity contribution in [3.63, 3.8) is 0 Å². The van der Waals surface area contributed by atoms with Gasteiger partial charge in [-0.05, 0) is 36.1 Å². The minimum absolute atomic E-state index is 0.385. The van der Waals surface area contributed by atoms with Crippen LogP contribution in [0, 0.1) is 0 Å². The Balaban J connectivity index is 1.77. The van der Waals surface area contributed by atoms with E-state index in [0.29, 0.717) is 12.1 Å². The molecule has 0 radical (unpaired) electrons. The lowest BCUT2D eigenvalue weighted by atomic mass is 10.0. The van der Waals surface area contributed by atoms with Crippen LogP contribution in [0.25, 0.3) is 0 Å². The molecule has 2 heterocycles. The van der Waals surface area contributed by atoms with E-state index < -0.39 is 0 Å². The average molecular weight is 300 g/mol. The first-order valence-electron chi connectivity index (χ1n) is 8.23. The van der Waals surface area contributed by atoms with E-state index in [9.17, 15) is 0 Å². The van der Waals surface area contributed by atoms with Gasteiger partial charge in [0.2, 0.25) is 0 Å². The summed E-state index contributed by atoms with van der Waals surface area (Å²) >= 11 is 0. The van der Waals surface area contributed by atoms with Gasteiger partial charge in [-0.25, -0.2) is 4.98 Å². The molecule has 0 aliphatic carbocycles. The van der Waals surface area contributed by atoms with Gasteiger partial charge in [0.15, 0.2) is 0 Å². The van der Waals surface area contributed by atoms with Crippen LogP contribution >= 0.6 is 0 Å². The Morgan fingerprint density at radius 2 is 1.17 bits per heavy atom. The van der Waals surface area contributed by atoms with Gasteiger partial charge in [0.25, 0.3) is 0 Å². The van der Waals surface area contributed by atoms with E-state index >= 15 is 0 Å². The molecule has 0 amide bonds. The second kappa shape index (κ2) is 6.25. The first-order valence-corrected chi connectivity index (χ1v) is 8.23. The summed E-state index contributed by atoms with van der Waals surface area (Å²) in [6, 6.07) is 28.5. The highest BCUT2D eigenvalue weighted by Crippen LogP contribution is 2.45. The van der Waals surface area contributed by atoms with E-state index in [-0.39, 0.29) is 0 Å². The van der Waals surface area contributed by atoms with Gasteiger partial charge in [0.1, 0.15) is 5.82 Å². The molecule has 1 aliphatic rings. The summed E-state index contributed by atoms with van der Waals surface area (Å²) in [6.07, 6.45) is 4.19. The minimum atomic E-state index is 0.385. The highest BCUT2D eigenvalue weighted by Gasteiger charge is 2.35. The first kappa shape index (κ1) is 14.0. The maximum atomic E-state index is 4.64. The second-order valence-corrected chi connectivity index (χ2v) is 6.03. The molecule has 1 saturated heterocycles. The fourth-order valence-electron chi connectivity index (χ4n) is 3.64. The number of pyridine rings is 1. The van der Waals surface area contributed by atoms with Gasteiger partial charge in [-0.2, -0.15) is 0 Å². The van der Waals surface area contributed by atoms with Crippen LogP contribution in [0.3, 0.4) is 0 Å². The van der Waals surface area contributed by atoms with Crippen molar-refractivity contribution in [2.45, 2.75) is 24.9 Å². The highest BCUT2D eigenvalue weighted by molar-refractivity contribution is 5.48. The lowest BCUT2D eigenvalue weighted by molar-refractivity contribution is 0.664. The van der Waals surface area contributed by atoms with Crippen LogP contribution in [-0.4, -0.2) is 4.98 Å². The van der Waals surface area contributed by atoms with E-state index in [1.54, 1.807) is 0 Å². The summed E-state index contributed by atoms with van der Waals surface area (Å²) in [6.45, 7) is 0. The van der Waals surface area contributed by atoms with Gasteiger partial charge in [-0.15, -0.1) is 0 Å². The van der Waals surface area contributed by atoms with Crippen LogP contribution in [0.15, 0.2) is 85.1 Å². The first-order chi connectivity index (χ1) is 11.4. The Morgan fingerprint density at radius 3 is 1.65 bits per heavy atom. The standard InChI is InChI=1S/C21H20N2/c1-3-9-17(10-4-1)19-14-15-20(18-11-5-2-6-12-18)23(19)21-13-7-8-16-22-21/h1-13,16,19-20H,14-15H2/t19-,20+. The summed E-state index contributed by atoms with van der Waals surface area (Å²) < 4.78 is 0. The third-order valence-electron chi connectivity index (χ3n) is 4.67. The number of hydrogen-bond acceptors (Lipinski definition) is 2. The van der Waals surface area contributed by atoms with Gasteiger partial charge in [-0.3, -0.25) is 0 Å². The SMILES string of the molecule is c1ccc([C@H]2CC[C@@H](c3ccccc3)N2c2ccccn2)cc1. The number of anilines is 1. The number of benzene rings is 2. The van der Waals surface area contributed by atoms with Crippen molar-refractivity contribution in [3.8, 4) is 0 Å². The maximum Gasteiger partial charge on any atom is 0.129 e. The molecule has 0 unspecified atom stereocenters. The molecular formula is C21H20N2. The van der Waals surface area contributed by atoms with Crippen molar-refractivity contribution in [2.75, 3.05) is 4.90 Å². The molecule has 2 atom stereocenters. The van der Waals surface area contributed by atoms with E-state index in [0.717, 1.165) is 18.7 Å². The molecule has 1 aliphatic heterocycles. The van der Waals surface area contributed by atoms with Crippen LogP contribution in [0.4, 0.5) is 5.82 Å². The summed E-state index contributed by atoms with van der Waals surface area (Å²) in [4.78, 5) is 7.13. The monoisotopic (exact) mass is 300 g/mol. The Kier molecular flexibility index (Phi) is 3.81. The fraction of sp³-hybridized carbons (Fsp3) is 0.190. The zero-order valence-electron chi connectivity index (χ0n) is 13.0. The molecule has 2 heteroatoms. The van der Waals surface area contributed by atoms with Gasteiger partial charge < -0.3 is 4.90 Å². The van der Waals surface area contributed by atoms with E-state index in [1.165, 1.54) is 11.1 Å². The predicted molar refractivity (Wildman–Crippen MR) is 94.3 cm³/mol. The van der Waals surface area contributed by atoms with Crippen LogP contribution < -0.4 is 4.90 Å². The minimum Gasteiger partial charge on any atom is -0.343 e. The maximum absolute atomic E-state index is 4.64. The van der Waals surface area contributed by atoms with Crippen molar-refractivity contribution in [1.82, 2.24) is 4.98 Å². The summed E-state index contributed by atoms with van der Waals surface area (Å²) in [5.41, 5.74) is 2.74. The molecule has 3 aromatic rings. The Morgan fingerprint density at radius 1 is 0.652 bits per heavy atom. The molecule has 0 spiro atoms. The Hall–Kier alpha value is -2.61. The predicted octanol–water partition coefficient (Wildman–Crippen LogP) is 5.16. The highest BCUT2D eigenvalue weighted by atomic mass is 15.3. The second-order valence-electron chi connectivity index (χ2n) is 6.03. The molecule has 1 fully saturated rings. The molecule has 2 nitrogen and oxygen atoms in total. The Bertz CT molecular complexity index is 693. The van der Waals surface area contributed by atoms with Gasteiger partial charge in [0.05, 0.1) is 12.1 Å². The number of nitrogens with zero attached hydrogens (tertiary/aromatic N) is 2. The molecule has 2 aromatic carbocycles. The quantitative estimate of drug-likeness (QED) is 0.664. The van der Waals surface area contributed by atoms with Gasteiger partial charge in [0, 0.05) is 6.20 Å². The summed E-state index contributed by atoms with van der Waals surface area (Å²) in [7, 11) is 0. The number of hydrogen-bond donors (Lipinski definition) is 0. The van der Waals surface area contributed by atoms with Crippen LogP contribution in [0.2, 0.25) is 0 Å². The number of rotatable bonds is 3. The fourth-order valence-corrected chi connectivity index (χ4v) is 3.64.